The van der Waals surface area contributed by atoms with Crippen molar-refractivity contribution < 1.29 is 0 Å². The molecule has 0 fully saturated rings. The maximum Gasteiger partial charge on any atom is 0.0732 e. The minimum Gasteiger partial charge on any atom is -0.310 e. The quantitative estimate of drug-likeness (QED) is 0.172. The third kappa shape index (κ3) is 4.50. The Balaban J connectivity index is 1.16. The lowest BCUT2D eigenvalue weighted by molar-refractivity contribution is 0.775. The van der Waals surface area contributed by atoms with E-state index >= 15 is 0 Å². The summed E-state index contributed by atoms with van der Waals surface area (Å²) in [7, 11) is 0. The van der Waals surface area contributed by atoms with E-state index < -0.39 is 5.41 Å². The summed E-state index contributed by atoms with van der Waals surface area (Å²) in [6, 6.07) is 79.6. The zero-order valence-electron chi connectivity index (χ0n) is 32.1. The summed E-state index contributed by atoms with van der Waals surface area (Å²) < 4.78 is 2.60. The Morgan fingerprint density at radius 2 is 0.949 bits per heavy atom. The molecule has 274 valence electrons. The molecule has 0 N–H and O–H groups in total. The summed E-state index contributed by atoms with van der Waals surface area (Å²) in [6.45, 7) is 0. The van der Waals surface area contributed by atoms with Crippen LogP contribution in [0.5, 0.6) is 0 Å². The SMILES string of the molecule is c1ccc(-c2ccc3cccc4c3c2C2(c3ccccc3-c3ccc(N(c5ccc6c(c5)sc5ccccc56)c5cccc6ccccc56)cc32)c2ccccc2-4)cc1. The summed E-state index contributed by atoms with van der Waals surface area (Å²) in [6.07, 6.45) is 0. The van der Waals surface area contributed by atoms with E-state index in [4.69, 9.17) is 0 Å². The lowest BCUT2D eigenvalue weighted by Crippen LogP contribution is -2.32. The smallest absolute Gasteiger partial charge is 0.0732 e. The van der Waals surface area contributed by atoms with Crippen molar-refractivity contribution in [2.24, 2.45) is 0 Å². The van der Waals surface area contributed by atoms with Gasteiger partial charge in [-0.15, -0.1) is 11.3 Å². The number of fused-ring (bicyclic) bond motifs is 13. The Kier molecular flexibility index (Phi) is 6.87. The molecule has 1 heterocycles. The van der Waals surface area contributed by atoms with Crippen LogP contribution in [0.3, 0.4) is 0 Å². The molecule has 1 aromatic heterocycles. The number of benzene rings is 10. The third-order valence-corrected chi connectivity index (χ3v) is 14.2. The fraction of sp³-hybridized carbons (Fsp3) is 0.0175. The van der Waals surface area contributed by atoms with Crippen molar-refractivity contribution in [3.63, 3.8) is 0 Å². The fourth-order valence-electron chi connectivity index (χ4n) is 10.7. The van der Waals surface area contributed by atoms with Gasteiger partial charge in [-0.25, -0.2) is 0 Å². The average molecular weight is 766 g/mol. The summed E-state index contributed by atoms with van der Waals surface area (Å²) in [5.74, 6) is 0. The van der Waals surface area contributed by atoms with E-state index in [1.165, 1.54) is 97.4 Å². The highest BCUT2D eigenvalue weighted by Crippen LogP contribution is 2.64. The molecule has 0 aliphatic heterocycles. The van der Waals surface area contributed by atoms with Crippen molar-refractivity contribution in [1.29, 1.82) is 0 Å². The van der Waals surface area contributed by atoms with Gasteiger partial charge in [-0.1, -0.05) is 176 Å². The standard InChI is InChI=1S/C57H35NS/c1-2-14-37(15-3-1)42-31-28-38-18-12-23-48-44-21-7-10-25-50(44)57(56(42)55(38)48)49-24-9-6-20-43(49)45-32-29-39(34-51(45)57)58(52-26-13-17-36-16-4-5-19-41(36)52)40-30-33-47-46-22-8-11-27-53(46)59-54(47)35-40/h1-35H. The summed E-state index contributed by atoms with van der Waals surface area (Å²) in [5.41, 5.74) is 15.9. The molecular weight excluding hydrogens is 731 g/mol. The van der Waals surface area contributed by atoms with Crippen molar-refractivity contribution in [2.45, 2.75) is 5.41 Å². The molecule has 1 unspecified atom stereocenters. The van der Waals surface area contributed by atoms with Gasteiger partial charge < -0.3 is 4.90 Å². The first-order chi connectivity index (χ1) is 29.3. The Morgan fingerprint density at radius 3 is 1.81 bits per heavy atom. The molecule has 13 rings (SSSR count). The topological polar surface area (TPSA) is 3.24 Å². The largest absolute Gasteiger partial charge is 0.310 e. The van der Waals surface area contributed by atoms with Crippen LogP contribution in [0.15, 0.2) is 212 Å². The molecular formula is C57H35NS. The first-order valence-electron chi connectivity index (χ1n) is 20.4. The van der Waals surface area contributed by atoms with Crippen LogP contribution in [0.2, 0.25) is 0 Å². The van der Waals surface area contributed by atoms with Crippen LogP contribution in [0, 0.1) is 0 Å². The van der Waals surface area contributed by atoms with Crippen molar-refractivity contribution in [2.75, 3.05) is 4.90 Å². The van der Waals surface area contributed by atoms with Gasteiger partial charge in [0.25, 0.3) is 0 Å². The molecule has 11 aromatic rings. The van der Waals surface area contributed by atoms with Gasteiger partial charge in [0.2, 0.25) is 0 Å². The van der Waals surface area contributed by atoms with Crippen molar-refractivity contribution in [3.8, 4) is 33.4 Å². The van der Waals surface area contributed by atoms with Crippen LogP contribution in [-0.2, 0) is 5.41 Å². The van der Waals surface area contributed by atoms with Crippen LogP contribution in [0.1, 0.15) is 22.3 Å². The highest BCUT2D eigenvalue weighted by atomic mass is 32.1. The van der Waals surface area contributed by atoms with Crippen LogP contribution < -0.4 is 4.90 Å². The highest BCUT2D eigenvalue weighted by Gasteiger charge is 2.51. The second kappa shape index (κ2) is 12.4. The van der Waals surface area contributed by atoms with Gasteiger partial charge >= 0.3 is 0 Å². The minimum atomic E-state index is -0.586. The monoisotopic (exact) mass is 765 g/mol. The molecule has 1 nitrogen and oxygen atoms in total. The van der Waals surface area contributed by atoms with Crippen molar-refractivity contribution >= 4 is 70.1 Å². The molecule has 2 aliphatic rings. The highest BCUT2D eigenvalue weighted by molar-refractivity contribution is 7.25. The van der Waals surface area contributed by atoms with Gasteiger partial charge in [0.05, 0.1) is 11.1 Å². The lowest BCUT2D eigenvalue weighted by atomic mass is 9.60. The second-order valence-electron chi connectivity index (χ2n) is 15.9. The van der Waals surface area contributed by atoms with Gasteiger partial charge in [0, 0.05) is 36.9 Å². The normalized spacial score (nSPS) is 14.8. The molecule has 1 spiro atoms. The van der Waals surface area contributed by atoms with E-state index in [1.54, 1.807) is 0 Å². The van der Waals surface area contributed by atoms with Crippen molar-refractivity contribution in [1.82, 2.24) is 0 Å². The zero-order chi connectivity index (χ0) is 38.7. The summed E-state index contributed by atoms with van der Waals surface area (Å²) in [5, 5.41) is 7.66. The third-order valence-electron chi connectivity index (χ3n) is 13.0. The number of anilines is 3. The summed E-state index contributed by atoms with van der Waals surface area (Å²) in [4.78, 5) is 2.50. The Bertz CT molecular complexity index is 3520. The molecule has 1 atom stereocenters. The first kappa shape index (κ1) is 32.8. The Hall–Kier alpha value is -7.26. The maximum atomic E-state index is 2.53. The van der Waals surface area contributed by atoms with Crippen LogP contribution in [0.4, 0.5) is 17.1 Å². The molecule has 2 aliphatic carbocycles. The van der Waals surface area contributed by atoms with Gasteiger partial charge in [0.1, 0.15) is 0 Å². The van der Waals surface area contributed by atoms with E-state index in [0.29, 0.717) is 0 Å². The molecule has 0 radical (unpaired) electrons. The predicted molar refractivity (Wildman–Crippen MR) is 251 cm³/mol. The van der Waals surface area contributed by atoms with E-state index in [9.17, 15) is 0 Å². The first-order valence-corrected chi connectivity index (χ1v) is 21.2. The van der Waals surface area contributed by atoms with Gasteiger partial charge in [-0.05, 0) is 108 Å². The number of thiophene rings is 1. The minimum absolute atomic E-state index is 0.586. The van der Waals surface area contributed by atoms with Crippen molar-refractivity contribution in [3.05, 3.63) is 235 Å². The number of nitrogens with zero attached hydrogens (tertiary/aromatic N) is 1. The molecule has 59 heavy (non-hydrogen) atoms. The van der Waals surface area contributed by atoms with Gasteiger partial charge in [-0.2, -0.15) is 0 Å². The number of rotatable bonds is 4. The van der Waals surface area contributed by atoms with Crippen LogP contribution >= 0.6 is 11.3 Å². The lowest BCUT2D eigenvalue weighted by Gasteiger charge is -2.41. The van der Waals surface area contributed by atoms with Gasteiger partial charge in [-0.3, -0.25) is 0 Å². The van der Waals surface area contributed by atoms with Crippen LogP contribution in [-0.4, -0.2) is 0 Å². The Morgan fingerprint density at radius 1 is 0.356 bits per heavy atom. The van der Waals surface area contributed by atoms with Gasteiger partial charge in [0.15, 0.2) is 0 Å². The average Bonchev–Trinajstić information content (AvgIpc) is 3.81. The van der Waals surface area contributed by atoms with E-state index in [2.05, 4.69) is 217 Å². The molecule has 0 bridgehead atoms. The zero-order valence-corrected chi connectivity index (χ0v) is 32.9. The van der Waals surface area contributed by atoms with Crippen LogP contribution in [0.25, 0.3) is 75.1 Å². The number of hydrogen-bond donors (Lipinski definition) is 0. The van der Waals surface area contributed by atoms with E-state index in [0.717, 1.165) is 17.1 Å². The van der Waals surface area contributed by atoms with E-state index in [-0.39, 0.29) is 0 Å². The molecule has 0 saturated heterocycles. The molecule has 2 heteroatoms. The summed E-state index contributed by atoms with van der Waals surface area (Å²) >= 11 is 1.87. The molecule has 0 amide bonds. The second-order valence-corrected chi connectivity index (χ2v) is 17.0. The Labute approximate surface area is 346 Å². The number of hydrogen-bond acceptors (Lipinski definition) is 2. The molecule has 0 saturated carbocycles. The maximum absolute atomic E-state index is 2.53. The fourth-order valence-corrected chi connectivity index (χ4v) is 11.8. The van der Waals surface area contributed by atoms with E-state index in [1.807, 2.05) is 11.3 Å². The predicted octanol–water partition coefficient (Wildman–Crippen LogP) is 15.8. The molecule has 10 aromatic carbocycles.